The molecule has 0 aromatic heterocycles. The summed E-state index contributed by atoms with van der Waals surface area (Å²) in [4.78, 5) is 16.7. The number of rotatable bonds is 5. The highest BCUT2D eigenvalue weighted by atomic mass is 16.5. The molecule has 5 nitrogen and oxygen atoms in total. The average Bonchev–Trinajstić information content (AvgIpc) is 2.45. The fraction of sp³-hybridized carbons (Fsp3) is 0.938. The maximum Gasteiger partial charge on any atom is 0.236 e. The minimum Gasteiger partial charge on any atom is -0.394 e. The maximum absolute atomic E-state index is 12.4. The first-order valence-electron chi connectivity index (χ1n) is 8.31. The van der Waals surface area contributed by atoms with E-state index in [1.807, 2.05) is 4.90 Å². The Balaban J connectivity index is 1.71. The number of carbonyl (C=O) groups is 1. The summed E-state index contributed by atoms with van der Waals surface area (Å²) in [6.07, 6.45) is 3.40. The standard InChI is InChI=1S/C16H30N2O3/c1-13-9-14(2)11-18(10-13)16(20)12-17-5-3-15(4-6-17)21-8-7-19/h13-15,19H,3-12H2,1-2H3. The quantitative estimate of drug-likeness (QED) is 0.821. The van der Waals surface area contributed by atoms with E-state index in [1.54, 1.807) is 0 Å². The Morgan fingerprint density at radius 1 is 1.19 bits per heavy atom. The summed E-state index contributed by atoms with van der Waals surface area (Å²) in [6.45, 7) is 9.20. The number of hydrogen-bond acceptors (Lipinski definition) is 4. The zero-order valence-electron chi connectivity index (χ0n) is 13.5. The molecule has 2 fully saturated rings. The van der Waals surface area contributed by atoms with Gasteiger partial charge >= 0.3 is 0 Å². The Morgan fingerprint density at radius 3 is 2.38 bits per heavy atom. The number of piperidine rings is 2. The van der Waals surface area contributed by atoms with Gasteiger partial charge in [-0.2, -0.15) is 0 Å². The third-order valence-corrected chi connectivity index (χ3v) is 4.56. The van der Waals surface area contributed by atoms with Crippen molar-refractivity contribution in [3.05, 3.63) is 0 Å². The second-order valence-corrected chi connectivity index (χ2v) is 6.81. The van der Waals surface area contributed by atoms with Gasteiger partial charge in [0.2, 0.25) is 5.91 Å². The molecule has 0 bridgehead atoms. The van der Waals surface area contributed by atoms with Gasteiger partial charge in [-0.3, -0.25) is 9.69 Å². The van der Waals surface area contributed by atoms with Gasteiger partial charge in [-0.25, -0.2) is 0 Å². The average molecular weight is 298 g/mol. The molecule has 0 radical (unpaired) electrons. The van der Waals surface area contributed by atoms with Crippen molar-refractivity contribution in [2.45, 2.75) is 39.2 Å². The lowest BCUT2D eigenvalue weighted by atomic mass is 9.92. The van der Waals surface area contributed by atoms with Crippen LogP contribution in [0.5, 0.6) is 0 Å². The monoisotopic (exact) mass is 298 g/mol. The highest BCUT2D eigenvalue weighted by Gasteiger charge is 2.27. The summed E-state index contributed by atoms with van der Waals surface area (Å²) < 4.78 is 5.56. The van der Waals surface area contributed by atoms with Crippen molar-refractivity contribution < 1.29 is 14.6 Å². The van der Waals surface area contributed by atoms with Crippen molar-refractivity contribution in [2.24, 2.45) is 11.8 Å². The van der Waals surface area contributed by atoms with Gasteiger partial charge in [-0.1, -0.05) is 13.8 Å². The van der Waals surface area contributed by atoms with Crippen LogP contribution < -0.4 is 0 Å². The van der Waals surface area contributed by atoms with E-state index in [9.17, 15) is 4.79 Å². The van der Waals surface area contributed by atoms with E-state index < -0.39 is 0 Å². The fourth-order valence-electron chi connectivity index (χ4n) is 3.61. The van der Waals surface area contributed by atoms with Crippen LogP contribution in [0, 0.1) is 11.8 Å². The normalized spacial score (nSPS) is 28.8. The lowest BCUT2D eigenvalue weighted by Gasteiger charge is -2.37. The van der Waals surface area contributed by atoms with Gasteiger partial charge in [0.15, 0.2) is 0 Å². The summed E-state index contributed by atoms with van der Waals surface area (Å²) >= 11 is 0. The maximum atomic E-state index is 12.4. The van der Waals surface area contributed by atoms with E-state index in [-0.39, 0.29) is 18.6 Å². The van der Waals surface area contributed by atoms with Crippen LogP contribution in [0.3, 0.4) is 0 Å². The van der Waals surface area contributed by atoms with Crippen molar-refractivity contribution in [1.29, 1.82) is 0 Å². The molecule has 0 spiro atoms. The minimum atomic E-state index is 0.0873. The molecule has 21 heavy (non-hydrogen) atoms. The Hall–Kier alpha value is -0.650. The largest absolute Gasteiger partial charge is 0.394 e. The Kier molecular flexibility index (Phi) is 6.45. The molecule has 2 unspecified atom stereocenters. The van der Waals surface area contributed by atoms with Crippen molar-refractivity contribution in [3.8, 4) is 0 Å². The second kappa shape index (κ2) is 8.11. The van der Waals surface area contributed by atoms with Crippen LogP contribution in [0.1, 0.15) is 33.1 Å². The topological polar surface area (TPSA) is 53.0 Å². The van der Waals surface area contributed by atoms with E-state index in [4.69, 9.17) is 9.84 Å². The van der Waals surface area contributed by atoms with Gasteiger partial charge < -0.3 is 14.7 Å². The lowest BCUT2D eigenvalue weighted by Crippen LogP contribution is -2.48. The third kappa shape index (κ3) is 5.24. The van der Waals surface area contributed by atoms with Gasteiger partial charge in [0.25, 0.3) is 0 Å². The molecule has 1 amide bonds. The van der Waals surface area contributed by atoms with Crippen LogP contribution in [0.15, 0.2) is 0 Å². The van der Waals surface area contributed by atoms with Gasteiger partial charge in [0.1, 0.15) is 0 Å². The molecule has 2 atom stereocenters. The number of hydrogen-bond donors (Lipinski definition) is 1. The number of aliphatic hydroxyl groups is 1. The Labute approximate surface area is 128 Å². The van der Waals surface area contributed by atoms with Gasteiger partial charge in [-0.05, 0) is 31.1 Å². The molecule has 0 saturated carbocycles. The summed E-state index contributed by atoms with van der Waals surface area (Å²) in [5, 5.41) is 8.77. The molecule has 2 heterocycles. The van der Waals surface area contributed by atoms with Crippen LogP contribution >= 0.6 is 0 Å². The number of carbonyl (C=O) groups excluding carboxylic acids is 1. The molecule has 2 rings (SSSR count). The molecule has 0 aromatic rings. The third-order valence-electron chi connectivity index (χ3n) is 4.56. The van der Waals surface area contributed by atoms with Crippen LogP contribution in [-0.2, 0) is 9.53 Å². The zero-order chi connectivity index (χ0) is 15.2. The smallest absolute Gasteiger partial charge is 0.236 e. The predicted octanol–water partition coefficient (Wildman–Crippen LogP) is 0.964. The fourth-order valence-corrected chi connectivity index (χ4v) is 3.61. The Morgan fingerprint density at radius 2 is 1.81 bits per heavy atom. The molecule has 2 aliphatic heterocycles. The van der Waals surface area contributed by atoms with E-state index >= 15 is 0 Å². The predicted molar refractivity (Wildman–Crippen MR) is 82.0 cm³/mol. The van der Waals surface area contributed by atoms with E-state index in [0.29, 0.717) is 25.0 Å². The minimum absolute atomic E-state index is 0.0873. The van der Waals surface area contributed by atoms with Crippen molar-refractivity contribution in [2.75, 3.05) is 45.9 Å². The number of amides is 1. The molecule has 0 aliphatic carbocycles. The molecule has 0 aromatic carbocycles. The first-order chi connectivity index (χ1) is 10.1. The summed E-state index contributed by atoms with van der Waals surface area (Å²) in [5.74, 6) is 1.52. The molecule has 122 valence electrons. The number of aliphatic hydroxyl groups excluding tert-OH is 1. The van der Waals surface area contributed by atoms with Crippen molar-refractivity contribution in [3.63, 3.8) is 0 Å². The highest BCUT2D eigenvalue weighted by Crippen LogP contribution is 2.21. The SMILES string of the molecule is CC1CC(C)CN(C(=O)CN2CCC(OCCO)CC2)C1. The second-order valence-electron chi connectivity index (χ2n) is 6.81. The molecular weight excluding hydrogens is 268 g/mol. The molecule has 5 heteroatoms. The van der Waals surface area contributed by atoms with E-state index in [1.165, 1.54) is 6.42 Å². The van der Waals surface area contributed by atoms with Crippen LogP contribution in [0.4, 0.5) is 0 Å². The first kappa shape index (κ1) is 16.7. The van der Waals surface area contributed by atoms with Crippen LogP contribution in [0.2, 0.25) is 0 Å². The van der Waals surface area contributed by atoms with Crippen LogP contribution in [-0.4, -0.2) is 72.9 Å². The van der Waals surface area contributed by atoms with Crippen molar-refractivity contribution >= 4 is 5.91 Å². The zero-order valence-corrected chi connectivity index (χ0v) is 13.5. The lowest BCUT2D eigenvalue weighted by molar-refractivity contribution is -0.135. The van der Waals surface area contributed by atoms with Gasteiger partial charge in [0.05, 0.1) is 25.9 Å². The van der Waals surface area contributed by atoms with E-state index in [2.05, 4.69) is 18.7 Å². The molecule has 1 N–H and O–H groups in total. The highest BCUT2D eigenvalue weighted by molar-refractivity contribution is 5.78. The van der Waals surface area contributed by atoms with Gasteiger partial charge in [0, 0.05) is 26.2 Å². The Bertz CT molecular complexity index is 319. The van der Waals surface area contributed by atoms with E-state index in [0.717, 1.165) is 39.0 Å². The number of likely N-dealkylation sites (tertiary alicyclic amines) is 2. The van der Waals surface area contributed by atoms with Crippen LogP contribution in [0.25, 0.3) is 0 Å². The molecule has 2 aliphatic rings. The van der Waals surface area contributed by atoms with Crippen molar-refractivity contribution in [1.82, 2.24) is 9.80 Å². The molecular formula is C16H30N2O3. The summed E-state index contributed by atoms with van der Waals surface area (Å²) in [6, 6.07) is 0. The molecule has 2 saturated heterocycles. The number of nitrogens with zero attached hydrogens (tertiary/aromatic N) is 2. The summed E-state index contributed by atoms with van der Waals surface area (Å²) in [7, 11) is 0. The van der Waals surface area contributed by atoms with Gasteiger partial charge in [-0.15, -0.1) is 0 Å². The first-order valence-corrected chi connectivity index (χ1v) is 8.31. The number of ether oxygens (including phenoxy) is 1. The summed E-state index contributed by atoms with van der Waals surface area (Å²) in [5.41, 5.74) is 0.